The average molecular weight is 249 g/mol. The molecule has 0 radical (unpaired) electrons. The van der Waals surface area contributed by atoms with E-state index in [1.807, 2.05) is 6.07 Å². The van der Waals surface area contributed by atoms with Crippen LogP contribution in [0.25, 0.3) is 0 Å². The summed E-state index contributed by atoms with van der Waals surface area (Å²) in [5.41, 5.74) is 8.67. The average Bonchev–Trinajstić information content (AvgIpc) is 2.34. The van der Waals surface area contributed by atoms with Crippen molar-refractivity contribution in [1.29, 1.82) is 0 Å². The van der Waals surface area contributed by atoms with Crippen molar-refractivity contribution in [2.24, 2.45) is 5.73 Å². The standard InChI is InChI=1S/C15H23NO2/c1-11-3-4-14(18-2)12(9-11)10-15(16)7-5-13(17)6-8-15/h3-4,9,13,17H,5-8,10,16H2,1-2H3. The molecule has 3 N–H and O–H groups in total. The number of rotatable bonds is 3. The number of hydrogen-bond acceptors (Lipinski definition) is 3. The lowest BCUT2D eigenvalue weighted by atomic mass is 9.77. The van der Waals surface area contributed by atoms with Crippen molar-refractivity contribution >= 4 is 0 Å². The summed E-state index contributed by atoms with van der Waals surface area (Å²) in [7, 11) is 1.70. The summed E-state index contributed by atoms with van der Waals surface area (Å²) in [5, 5.41) is 9.57. The Morgan fingerprint density at radius 1 is 1.39 bits per heavy atom. The second-order valence-electron chi connectivity index (χ2n) is 5.59. The molecule has 0 heterocycles. The van der Waals surface area contributed by atoms with Gasteiger partial charge in [0.2, 0.25) is 0 Å². The highest BCUT2D eigenvalue weighted by Crippen LogP contribution is 2.32. The smallest absolute Gasteiger partial charge is 0.122 e. The van der Waals surface area contributed by atoms with Crippen LogP contribution in [0.1, 0.15) is 36.8 Å². The van der Waals surface area contributed by atoms with Crippen LogP contribution in [-0.2, 0) is 6.42 Å². The monoisotopic (exact) mass is 249 g/mol. The number of benzene rings is 1. The molecule has 2 rings (SSSR count). The molecule has 0 saturated heterocycles. The summed E-state index contributed by atoms with van der Waals surface area (Å²) in [6, 6.07) is 6.21. The zero-order valence-corrected chi connectivity index (χ0v) is 11.3. The molecule has 0 bridgehead atoms. The molecular formula is C15H23NO2. The minimum Gasteiger partial charge on any atom is -0.496 e. The predicted molar refractivity (Wildman–Crippen MR) is 72.8 cm³/mol. The van der Waals surface area contributed by atoms with Crippen LogP contribution in [0.5, 0.6) is 5.75 Å². The Kier molecular flexibility index (Phi) is 3.93. The fourth-order valence-electron chi connectivity index (χ4n) is 2.78. The van der Waals surface area contributed by atoms with Gasteiger partial charge in [0.1, 0.15) is 5.75 Å². The predicted octanol–water partition coefficient (Wildman–Crippen LogP) is 2.18. The van der Waals surface area contributed by atoms with Crippen molar-refractivity contribution in [3.05, 3.63) is 29.3 Å². The highest BCUT2D eigenvalue weighted by atomic mass is 16.5. The number of hydrogen-bond donors (Lipinski definition) is 2. The third kappa shape index (κ3) is 3.03. The summed E-state index contributed by atoms with van der Waals surface area (Å²) in [4.78, 5) is 0. The van der Waals surface area contributed by atoms with E-state index in [0.29, 0.717) is 0 Å². The second-order valence-corrected chi connectivity index (χ2v) is 5.59. The van der Waals surface area contributed by atoms with E-state index in [9.17, 15) is 5.11 Å². The van der Waals surface area contributed by atoms with Gasteiger partial charge in [-0.25, -0.2) is 0 Å². The Hall–Kier alpha value is -1.06. The molecule has 0 aliphatic heterocycles. The summed E-state index contributed by atoms with van der Waals surface area (Å²) in [6.45, 7) is 2.08. The lowest BCUT2D eigenvalue weighted by Gasteiger charge is -2.36. The van der Waals surface area contributed by atoms with Crippen molar-refractivity contribution in [1.82, 2.24) is 0 Å². The molecule has 0 spiro atoms. The Bertz CT molecular complexity index is 409. The summed E-state index contributed by atoms with van der Waals surface area (Å²) in [6.07, 6.45) is 4.04. The van der Waals surface area contributed by atoms with Gasteiger partial charge in [-0.15, -0.1) is 0 Å². The third-order valence-electron chi connectivity index (χ3n) is 3.93. The van der Waals surface area contributed by atoms with Crippen LogP contribution >= 0.6 is 0 Å². The number of ether oxygens (including phenoxy) is 1. The van der Waals surface area contributed by atoms with E-state index in [1.165, 1.54) is 11.1 Å². The van der Waals surface area contributed by atoms with Crippen LogP contribution in [0.2, 0.25) is 0 Å². The van der Waals surface area contributed by atoms with Gasteiger partial charge in [0, 0.05) is 5.54 Å². The fraction of sp³-hybridized carbons (Fsp3) is 0.600. The van der Waals surface area contributed by atoms with Crippen LogP contribution in [-0.4, -0.2) is 23.9 Å². The SMILES string of the molecule is COc1ccc(C)cc1CC1(N)CCC(O)CC1. The number of methoxy groups -OCH3 is 1. The molecule has 3 nitrogen and oxygen atoms in total. The summed E-state index contributed by atoms with van der Waals surface area (Å²) < 4.78 is 5.40. The maximum absolute atomic E-state index is 9.57. The molecule has 1 saturated carbocycles. The van der Waals surface area contributed by atoms with Gasteiger partial charge in [0.15, 0.2) is 0 Å². The highest BCUT2D eigenvalue weighted by Gasteiger charge is 2.31. The maximum Gasteiger partial charge on any atom is 0.122 e. The Labute approximate surface area is 109 Å². The molecule has 18 heavy (non-hydrogen) atoms. The molecule has 0 aromatic heterocycles. The van der Waals surface area contributed by atoms with E-state index in [4.69, 9.17) is 10.5 Å². The van der Waals surface area contributed by atoms with Crippen molar-refractivity contribution in [2.45, 2.75) is 50.7 Å². The van der Waals surface area contributed by atoms with E-state index < -0.39 is 0 Å². The maximum atomic E-state index is 9.57. The number of aryl methyl sites for hydroxylation is 1. The number of aliphatic hydroxyl groups excluding tert-OH is 1. The normalized spacial score (nSPS) is 28.1. The van der Waals surface area contributed by atoms with Crippen LogP contribution in [0.15, 0.2) is 18.2 Å². The van der Waals surface area contributed by atoms with Crippen LogP contribution < -0.4 is 10.5 Å². The van der Waals surface area contributed by atoms with Crippen LogP contribution in [0.4, 0.5) is 0 Å². The zero-order valence-electron chi connectivity index (χ0n) is 11.3. The van der Waals surface area contributed by atoms with Gasteiger partial charge in [0.05, 0.1) is 13.2 Å². The van der Waals surface area contributed by atoms with Gasteiger partial charge in [-0.2, -0.15) is 0 Å². The van der Waals surface area contributed by atoms with E-state index >= 15 is 0 Å². The molecule has 0 amide bonds. The number of nitrogens with two attached hydrogens (primary N) is 1. The first-order valence-corrected chi connectivity index (χ1v) is 6.63. The van der Waals surface area contributed by atoms with Gasteiger partial charge in [-0.3, -0.25) is 0 Å². The summed E-state index contributed by atoms with van der Waals surface area (Å²) >= 11 is 0. The molecule has 1 fully saturated rings. The fourth-order valence-corrected chi connectivity index (χ4v) is 2.78. The quantitative estimate of drug-likeness (QED) is 0.863. The third-order valence-corrected chi connectivity index (χ3v) is 3.93. The lowest BCUT2D eigenvalue weighted by molar-refractivity contribution is 0.0971. The number of aliphatic hydroxyl groups is 1. The molecule has 100 valence electrons. The first-order valence-electron chi connectivity index (χ1n) is 6.63. The largest absolute Gasteiger partial charge is 0.496 e. The molecule has 1 aromatic carbocycles. The van der Waals surface area contributed by atoms with Gasteiger partial charge < -0.3 is 15.6 Å². The van der Waals surface area contributed by atoms with Crippen LogP contribution in [0.3, 0.4) is 0 Å². The molecule has 1 aliphatic carbocycles. The van der Waals surface area contributed by atoms with Gasteiger partial charge in [-0.05, 0) is 50.7 Å². The summed E-state index contributed by atoms with van der Waals surface area (Å²) in [5.74, 6) is 0.913. The second kappa shape index (κ2) is 5.29. The van der Waals surface area contributed by atoms with Crippen molar-refractivity contribution in [2.75, 3.05) is 7.11 Å². The minimum atomic E-state index is -0.194. The molecule has 1 aromatic rings. The van der Waals surface area contributed by atoms with Crippen molar-refractivity contribution < 1.29 is 9.84 Å². The van der Waals surface area contributed by atoms with Gasteiger partial charge in [0.25, 0.3) is 0 Å². The molecule has 3 heteroatoms. The zero-order chi connectivity index (χ0) is 13.2. The van der Waals surface area contributed by atoms with Crippen LogP contribution in [0, 0.1) is 6.92 Å². The van der Waals surface area contributed by atoms with E-state index in [-0.39, 0.29) is 11.6 Å². The van der Waals surface area contributed by atoms with E-state index in [2.05, 4.69) is 19.1 Å². The Balaban J connectivity index is 2.15. The Morgan fingerprint density at radius 3 is 2.67 bits per heavy atom. The first kappa shape index (κ1) is 13.4. The first-order chi connectivity index (χ1) is 8.52. The lowest BCUT2D eigenvalue weighted by Crippen LogP contribution is -2.46. The van der Waals surface area contributed by atoms with Crippen molar-refractivity contribution in [3.8, 4) is 5.75 Å². The van der Waals surface area contributed by atoms with E-state index in [0.717, 1.165) is 37.9 Å². The van der Waals surface area contributed by atoms with Gasteiger partial charge >= 0.3 is 0 Å². The van der Waals surface area contributed by atoms with E-state index in [1.54, 1.807) is 7.11 Å². The van der Waals surface area contributed by atoms with Crippen molar-refractivity contribution in [3.63, 3.8) is 0 Å². The minimum absolute atomic E-state index is 0.166. The Morgan fingerprint density at radius 2 is 2.06 bits per heavy atom. The molecule has 1 aliphatic rings. The molecular weight excluding hydrogens is 226 g/mol. The molecule has 0 unspecified atom stereocenters. The highest BCUT2D eigenvalue weighted by molar-refractivity contribution is 5.38. The molecule has 0 atom stereocenters. The van der Waals surface area contributed by atoms with Gasteiger partial charge in [-0.1, -0.05) is 17.7 Å². The topological polar surface area (TPSA) is 55.5 Å².